The molecule has 1 amide bonds. The molecular weight excluding hydrogens is 416 g/mol. The highest BCUT2D eigenvalue weighted by atomic mass is 35.5. The lowest BCUT2D eigenvalue weighted by molar-refractivity contribution is -0.384. The summed E-state index contributed by atoms with van der Waals surface area (Å²) >= 11 is 6.03. The van der Waals surface area contributed by atoms with E-state index in [1.54, 1.807) is 0 Å². The lowest BCUT2D eigenvalue weighted by Crippen LogP contribution is -2.42. The number of fused-ring (bicyclic) bond motifs is 1. The van der Waals surface area contributed by atoms with E-state index < -0.39 is 22.1 Å². The van der Waals surface area contributed by atoms with Gasteiger partial charge >= 0.3 is 5.69 Å². The van der Waals surface area contributed by atoms with E-state index in [0.29, 0.717) is 6.61 Å². The van der Waals surface area contributed by atoms with Crippen LogP contribution in [0.1, 0.15) is 0 Å². The Balaban J connectivity index is 2.22. The topological polar surface area (TPSA) is 125 Å². The highest BCUT2D eigenvalue weighted by Crippen LogP contribution is 2.18. The largest absolute Gasteiger partial charge is 0.383 e. The summed E-state index contributed by atoms with van der Waals surface area (Å²) in [6.45, 7) is 0.155. The van der Waals surface area contributed by atoms with Crippen molar-refractivity contribution in [1.82, 2.24) is 14.5 Å². The number of nitro benzene ring substituents is 1. The Morgan fingerprint density at radius 1 is 1.23 bits per heavy atom. The second kappa shape index (κ2) is 8.89. The predicted molar refractivity (Wildman–Crippen MR) is 110 cm³/mol. The molecule has 10 nitrogen and oxygen atoms in total. The molecule has 11 heteroatoms. The molecule has 0 atom stereocenters. The van der Waals surface area contributed by atoms with Crippen molar-refractivity contribution in [2.45, 2.75) is 6.54 Å². The quantitative estimate of drug-likeness (QED) is 0.342. The number of halogens is 1. The third-order valence-corrected chi connectivity index (χ3v) is 4.57. The molecule has 0 aliphatic heterocycles. The molecule has 3 rings (SSSR count). The molecule has 0 bridgehead atoms. The van der Waals surface area contributed by atoms with Crippen molar-refractivity contribution < 1.29 is 14.5 Å². The second-order valence-electron chi connectivity index (χ2n) is 6.29. The van der Waals surface area contributed by atoms with Crippen LogP contribution in [0.2, 0.25) is 5.02 Å². The number of methoxy groups -OCH3 is 1. The first-order valence-electron chi connectivity index (χ1n) is 8.79. The van der Waals surface area contributed by atoms with E-state index in [4.69, 9.17) is 16.3 Å². The Morgan fingerprint density at radius 2 is 2.00 bits per heavy atom. The summed E-state index contributed by atoms with van der Waals surface area (Å²) in [5, 5.41) is 14.1. The SMILES string of the molecule is COCCNC(=O)Cn1c(=O)n(-c2cccc([N+](=O)[O-])c2)c(=O)c2ccc(Cl)cc21. The van der Waals surface area contributed by atoms with Gasteiger partial charge in [-0.15, -0.1) is 0 Å². The first-order chi connectivity index (χ1) is 14.3. The summed E-state index contributed by atoms with van der Waals surface area (Å²) in [4.78, 5) is 49.0. The van der Waals surface area contributed by atoms with E-state index in [9.17, 15) is 24.5 Å². The number of benzene rings is 2. The Morgan fingerprint density at radius 3 is 2.70 bits per heavy atom. The third-order valence-electron chi connectivity index (χ3n) is 4.34. The van der Waals surface area contributed by atoms with Crippen molar-refractivity contribution >= 4 is 34.1 Å². The number of nitro groups is 1. The van der Waals surface area contributed by atoms with Gasteiger partial charge in [-0.05, 0) is 24.3 Å². The number of carbonyl (C=O) groups excluding carboxylic acids is 1. The highest BCUT2D eigenvalue weighted by molar-refractivity contribution is 6.31. The fourth-order valence-electron chi connectivity index (χ4n) is 2.96. The number of carbonyl (C=O) groups is 1. The first-order valence-corrected chi connectivity index (χ1v) is 9.17. The first kappa shape index (κ1) is 21.2. The predicted octanol–water partition coefficient (Wildman–Crippen LogP) is 1.48. The minimum atomic E-state index is -0.822. The molecule has 0 saturated carbocycles. The molecule has 0 aliphatic carbocycles. The number of aromatic nitrogens is 2. The molecule has 156 valence electrons. The van der Waals surface area contributed by atoms with Gasteiger partial charge in [-0.2, -0.15) is 0 Å². The molecule has 0 spiro atoms. The number of amides is 1. The fourth-order valence-corrected chi connectivity index (χ4v) is 3.12. The monoisotopic (exact) mass is 432 g/mol. The van der Waals surface area contributed by atoms with Crippen LogP contribution < -0.4 is 16.6 Å². The minimum absolute atomic E-state index is 0.0181. The molecule has 2 aromatic carbocycles. The molecule has 1 aromatic heterocycles. The number of nitrogens with zero attached hydrogens (tertiary/aromatic N) is 3. The zero-order valence-electron chi connectivity index (χ0n) is 15.8. The van der Waals surface area contributed by atoms with Gasteiger partial charge in [0.15, 0.2) is 0 Å². The summed E-state index contributed by atoms with van der Waals surface area (Å²) in [5.41, 5.74) is -1.58. The Hall–Kier alpha value is -3.50. The fraction of sp³-hybridized carbons (Fsp3) is 0.211. The van der Waals surface area contributed by atoms with Gasteiger partial charge in [-0.3, -0.25) is 24.3 Å². The zero-order chi connectivity index (χ0) is 21.8. The number of rotatable bonds is 7. The van der Waals surface area contributed by atoms with Crippen molar-refractivity contribution in [3.05, 3.63) is 78.4 Å². The van der Waals surface area contributed by atoms with Crippen molar-refractivity contribution in [2.24, 2.45) is 0 Å². The summed E-state index contributed by atoms with van der Waals surface area (Å²) in [5.74, 6) is -0.473. The summed E-state index contributed by atoms with van der Waals surface area (Å²) in [7, 11) is 1.49. The van der Waals surface area contributed by atoms with Crippen LogP contribution in [0, 0.1) is 10.1 Å². The maximum atomic E-state index is 13.2. The molecule has 0 radical (unpaired) electrons. The van der Waals surface area contributed by atoms with Crippen LogP contribution in [0.5, 0.6) is 0 Å². The van der Waals surface area contributed by atoms with Crippen LogP contribution in [0.15, 0.2) is 52.1 Å². The molecule has 0 saturated heterocycles. The van der Waals surface area contributed by atoms with Gasteiger partial charge in [0.1, 0.15) is 6.54 Å². The van der Waals surface area contributed by atoms with Gasteiger partial charge in [0.25, 0.3) is 11.2 Å². The van der Waals surface area contributed by atoms with Gasteiger partial charge in [-0.25, -0.2) is 9.36 Å². The van der Waals surface area contributed by atoms with E-state index in [0.717, 1.165) is 15.2 Å². The van der Waals surface area contributed by atoms with E-state index in [1.165, 1.54) is 43.5 Å². The Kier molecular flexibility index (Phi) is 6.28. The minimum Gasteiger partial charge on any atom is -0.383 e. The molecule has 0 fully saturated rings. The van der Waals surface area contributed by atoms with Gasteiger partial charge in [0, 0.05) is 30.8 Å². The molecule has 30 heavy (non-hydrogen) atoms. The Bertz CT molecular complexity index is 1250. The lowest BCUT2D eigenvalue weighted by Gasteiger charge is -2.14. The Labute approximate surface area is 174 Å². The average Bonchev–Trinajstić information content (AvgIpc) is 2.71. The van der Waals surface area contributed by atoms with Crippen molar-refractivity contribution in [3.8, 4) is 5.69 Å². The van der Waals surface area contributed by atoms with Crippen LogP contribution in [-0.2, 0) is 16.1 Å². The number of non-ortho nitro benzene ring substituents is 1. The normalized spacial score (nSPS) is 10.9. The van der Waals surface area contributed by atoms with Crippen molar-refractivity contribution in [3.63, 3.8) is 0 Å². The van der Waals surface area contributed by atoms with Crippen LogP contribution in [0.25, 0.3) is 16.6 Å². The van der Waals surface area contributed by atoms with E-state index in [-0.39, 0.29) is 40.4 Å². The van der Waals surface area contributed by atoms with Gasteiger partial charge in [0.2, 0.25) is 5.91 Å². The summed E-state index contributed by atoms with van der Waals surface area (Å²) in [6.07, 6.45) is 0. The van der Waals surface area contributed by atoms with Gasteiger partial charge in [0.05, 0.1) is 28.1 Å². The van der Waals surface area contributed by atoms with E-state index in [1.807, 2.05) is 0 Å². The smallest absolute Gasteiger partial charge is 0.336 e. The molecule has 0 unspecified atom stereocenters. The number of nitrogens with one attached hydrogen (secondary N) is 1. The van der Waals surface area contributed by atoms with Gasteiger partial charge in [-0.1, -0.05) is 17.7 Å². The maximum absolute atomic E-state index is 13.2. The van der Waals surface area contributed by atoms with Crippen LogP contribution in [0.4, 0.5) is 5.69 Å². The summed E-state index contributed by atoms with van der Waals surface area (Å²) < 4.78 is 6.77. The van der Waals surface area contributed by atoms with Crippen molar-refractivity contribution in [1.29, 1.82) is 0 Å². The second-order valence-corrected chi connectivity index (χ2v) is 6.73. The molecule has 3 aromatic rings. The average molecular weight is 433 g/mol. The van der Waals surface area contributed by atoms with Crippen molar-refractivity contribution in [2.75, 3.05) is 20.3 Å². The van der Waals surface area contributed by atoms with Crippen LogP contribution >= 0.6 is 11.6 Å². The van der Waals surface area contributed by atoms with E-state index in [2.05, 4.69) is 5.32 Å². The van der Waals surface area contributed by atoms with Crippen LogP contribution in [-0.4, -0.2) is 40.2 Å². The highest BCUT2D eigenvalue weighted by Gasteiger charge is 2.18. The van der Waals surface area contributed by atoms with Gasteiger partial charge < -0.3 is 10.1 Å². The zero-order valence-corrected chi connectivity index (χ0v) is 16.6. The number of hydrogen-bond donors (Lipinski definition) is 1. The molecule has 1 heterocycles. The lowest BCUT2D eigenvalue weighted by atomic mass is 10.2. The number of hydrogen-bond acceptors (Lipinski definition) is 6. The molecular formula is C19H17ClN4O6. The maximum Gasteiger partial charge on any atom is 0.336 e. The van der Waals surface area contributed by atoms with E-state index >= 15 is 0 Å². The molecule has 1 N–H and O–H groups in total. The molecule has 0 aliphatic rings. The van der Waals surface area contributed by atoms with Crippen LogP contribution in [0.3, 0.4) is 0 Å². The standard InChI is InChI=1S/C19H17ClN4O6/c1-30-8-7-21-17(25)11-22-16-9-12(20)5-6-15(16)18(26)23(19(22)27)13-3-2-4-14(10-13)24(28)29/h2-6,9-10H,7-8,11H2,1H3,(H,21,25). The number of ether oxygens (including phenoxy) is 1. The third kappa shape index (κ3) is 4.24. The summed E-state index contributed by atoms with van der Waals surface area (Å²) in [6, 6.07) is 9.47.